The first-order valence-electron chi connectivity index (χ1n) is 6.99. The first-order valence-corrected chi connectivity index (χ1v) is 7.79. The SMILES string of the molecule is CC(O)(c1ccc(Br)cc1)C1(C#N)CCc2ccccc21. The number of nitriles is 1. The van der Waals surface area contributed by atoms with Crippen molar-refractivity contribution < 1.29 is 5.11 Å². The lowest BCUT2D eigenvalue weighted by Gasteiger charge is -2.38. The highest BCUT2D eigenvalue weighted by molar-refractivity contribution is 9.10. The third-order valence-corrected chi connectivity index (χ3v) is 5.20. The number of rotatable bonds is 2. The van der Waals surface area contributed by atoms with Crippen LogP contribution in [0.15, 0.2) is 53.0 Å². The second-order valence-corrected chi connectivity index (χ2v) is 6.67. The summed E-state index contributed by atoms with van der Waals surface area (Å²) in [7, 11) is 0. The standard InChI is InChI=1S/C18H16BrNO/c1-17(21,14-6-8-15(19)9-7-14)18(12-20)11-10-13-4-2-3-5-16(13)18/h2-9,21H,10-11H2,1H3. The highest BCUT2D eigenvalue weighted by atomic mass is 79.9. The number of benzene rings is 2. The Morgan fingerprint density at radius 3 is 2.52 bits per heavy atom. The van der Waals surface area contributed by atoms with E-state index in [4.69, 9.17) is 0 Å². The molecule has 106 valence electrons. The van der Waals surface area contributed by atoms with Crippen molar-refractivity contribution in [1.82, 2.24) is 0 Å². The molecule has 3 heteroatoms. The number of fused-ring (bicyclic) bond motifs is 1. The molecule has 2 atom stereocenters. The van der Waals surface area contributed by atoms with Gasteiger partial charge in [0.15, 0.2) is 0 Å². The number of hydrogen-bond acceptors (Lipinski definition) is 2. The first-order chi connectivity index (χ1) is 10.0. The minimum Gasteiger partial charge on any atom is -0.383 e. The van der Waals surface area contributed by atoms with E-state index in [-0.39, 0.29) is 0 Å². The van der Waals surface area contributed by atoms with E-state index in [2.05, 4.69) is 22.0 Å². The van der Waals surface area contributed by atoms with Crippen LogP contribution in [0.2, 0.25) is 0 Å². The van der Waals surface area contributed by atoms with Gasteiger partial charge in [-0.25, -0.2) is 0 Å². The van der Waals surface area contributed by atoms with Crippen molar-refractivity contribution >= 4 is 15.9 Å². The molecule has 2 aromatic carbocycles. The average Bonchev–Trinajstić information content (AvgIpc) is 2.88. The molecule has 0 bridgehead atoms. The molecule has 1 aliphatic carbocycles. The molecule has 0 heterocycles. The van der Waals surface area contributed by atoms with Gasteiger partial charge in [0, 0.05) is 4.47 Å². The molecule has 21 heavy (non-hydrogen) atoms. The maximum absolute atomic E-state index is 11.2. The normalized spacial score (nSPS) is 23.1. The van der Waals surface area contributed by atoms with Crippen molar-refractivity contribution in [3.05, 3.63) is 69.7 Å². The van der Waals surface area contributed by atoms with Crippen LogP contribution in [0.4, 0.5) is 0 Å². The van der Waals surface area contributed by atoms with Gasteiger partial charge >= 0.3 is 0 Å². The summed E-state index contributed by atoms with van der Waals surface area (Å²) >= 11 is 3.41. The Bertz CT molecular complexity index is 715. The van der Waals surface area contributed by atoms with Gasteiger partial charge in [-0.15, -0.1) is 0 Å². The van der Waals surface area contributed by atoms with E-state index in [0.29, 0.717) is 6.42 Å². The summed E-state index contributed by atoms with van der Waals surface area (Å²) in [6.07, 6.45) is 1.47. The van der Waals surface area contributed by atoms with Crippen LogP contribution in [-0.2, 0) is 17.4 Å². The fourth-order valence-corrected chi connectivity index (χ4v) is 3.63. The summed E-state index contributed by atoms with van der Waals surface area (Å²) in [5.74, 6) is 0. The number of nitrogens with zero attached hydrogens (tertiary/aromatic N) is 1. The molecular weight excluding hydrogens is 326 g/mol. The first kappa shape index (κ1) is 14.3. The van der Waals surface area contributed by atoms with Crippen LogP contribution in [0.1, 0.15) is 30.0 Å². The predicted molar refractivity (Wildman–Crippen MR) is 85.8 cm³/mol. The number of aryl methyl sites for hydroxylation is 1. The van der Waals surface area contributed by atoms with Crippen molar-refractivity contribution in [3.63, 3.8) is 0 Å². The van der Waals surface area contributed by atoms with E-state index in [0.717, 1.165) is 27.6 Å². The van der Waals surface area contributed by atoms with Gasteiger partial charge in [-0.3, -0.25) is 0 Å². The topological polar surface area (TPSA) is 44.0 Å². The molecule has 2 aromatic rings. The Labute approximate surface area is 133 Å². The maximum atomic E-state index is 11.2. The van der Waals surface area contributed by atoms with Crippen LogP contribution in [-0.4, -0.2) is 5.11 Å². The molecule has 0 aromatic heterocycles. The van der Waals surface area contributed by atoms with Gasteiger partial charge in [-0.1, -0.05) is 52.3 Å². The second-order valence-electron chi connectivity index (χ2n) is 5.75. The second kappa shape index (κ2) is 4.98. The van der Waals surface area contributed by atoms with Crippen LogP contribution in [0, 0.1) is 11.3 Å². The van der Waals surface area contributed by atoms with Gasteiger partial charge in [0.25, 0.3) is 0 Å². The van der Waals surface area contributed by atoms with Crippen molar-refractivity contribution in [2.24, 2.45) is 0 Å². The monoisotopic (exact) mass is 341 g/mol. The fraction of sp³-hybridized carbons (Fsp3) is 0.278. The molecule has 0 aliphatic heterocycles. The summed E-state index contributed by atoms with van der Waals surface area (Å²) in [6, 6.07) is 17.9. The van der Waals surface area contributed by atoms with Crippen LogP contribution in [0.3, 0.4) is 0 Å². The van der Waals surface area contributed by atoms with E-state index >= 15 is 0 Å². The van der Waals surface area contributed by atoms with Gasteiger partial charge in [0.1, 0.15) is 11.0 Å². The van der Waals surface area contributed by atoms with E-state index < -0.39 is 11.0 Å². The van der Waals surface area contributed by atoms with Crippen molar-refractivity contribution in [3.8, 4) is 6.07 Å². The zero-order chi connectivity index (χ0) is 15.1. The highest BCUT2D eigenvalue weighted by Crippen LogP contribution is 2.50. The molecule has 2 unspecified atom stereocenters. The minimum atomic E-state index is -1.23. The molecule has 0 saturated heterocycles. The Morgan fingerprint density at radius 1 is 1.19 bits per heavy atom. The lowest BCUT2D eigenvalue weighted by atomic mass is 9.67. The molecular formula is C18H16BrNO. The number of hydrogen-bond donors (Lipinski definition) is 1. The Hall–Kier alpha value is -1.63. The molecule has 0 spiro atoms. The van der Waals surface area contributed by atoms with E-state index in [1.54, 1.807) is 6.92 Å². The van der Waals surface area contributed by atoms with Gasteiger partial charge in [-0.05, 0) is 48.6 Å². The molecule has 1 N–H and O–H groups in total. The average molecular weight is 342 g/mol. The molecule has 0 fully saturated rings. The predicted octanol–water partition coefficient (Wildman–Crippen LogP) is 4.06. The highest BCUT2D eigenvalue weighted by Gasteiger charge is 2.53. The van der Waals surface area contributed by atoms with Crippen molar-refractivity contribution in [2.75, 3.05) is 0 Å². The summed E-state index contributed by atoms with van der Waals surface area (Å²) in [5.41, 5.74) is 0.771. The molecule has 3 rings (SSSR count). The quantitative estimate of drug-likeness (QED) is 0.894. The van der Waals surface area contributed by atoms with Gasteiger partial charge < -0.3 is 5.11 Å². The van der Waals surface area contributed by atoms with Gasteiger partial charge in [0.05, 0.1) is 6.07 Å². The summed E-state index contributed by atoms with van der Waals surface area (Å²) in [5, 5.41) is 21.1. The largest absolute Gasteiger partial charge is 0.383 e. The molecule has 0 radical (unpaired) electrons. The van der Waals surface area contributed by atoms with Gasteiger partial charge in [0.2, 0.25) is 0 Å². The van der Waals surface area contributed by atoms with Crippen molar-refractivity contribution in [2.45, 2.75) is 30.8 Å². The van der Waals surface area contributed by atoms with E-state index in [1.807, 2.05) is 48.5 Å². The van der Waals surface area contributed by atoms with Crippen molar-refractivity contribution in [1.29, 1.82) is 5.26 Å². The van der Waals surface area contributed by atoms with Crippen LogP contribution in [0.25, 0.3) is 0 Å². The molecule has 1 aliphatic rings. The third kappa shape index (κ3) is 2.02. The third-order valence-electron chi connectivity index (χ3n) is 4.67. The zero-order valence-electron chi connectivity index (χ0n) is 11.8. The Balaban J connectivity index is 2.17. The number of aliphatic hydroxyl groups is 1. The zero-order valence-corrected chi connectivity index (χ0v) is 13.4. The number of halogens is 1. The van der Waals surface area contributed by atoms with E-state index in [9.17, 15) is 10.4 Å². The lowest BCUT2D eigenvalue weighted by Crippen LogP contribution is -2.44. The molecule has 0 amide bonds. The molecule has 0 saturated carbocycles. The summed E-state index contributed by atoms with van der Waals surface area (Å²) in [6.45, 7) is 1.75. The van der Waals surface area contributed by atoms with Crippen LogP contribution >= 0.6 is 15.9 Å². The summed E-state index contributed by atoms with van der Waals surface area (Å²) in [4.78, 5) is 0. The Kier molecular flexibility index (Phi) is 3.39. The maximum Gasteiger partial charge on any atom is 0.115 e. The summed E-state index contributed by atoms with van der Waals surface area (Å²) < 4.78 is 0.958. The van der Waals surface area contributed by atoms with Gasteiger partial charge in [-0.2, -0.15) is 5.26 Å². The van der Waals surface area contributed by atoms with Crippen LogP contribution in [0.5, 0.6) is 0 Å². The fourth-order valence-electron chi connectivity index (χ4n) is 3.36. The minimum absolute atomic E-state index is 0.645. The van der Waals surface area contributed by atoms with Crippen LogP contribution < -0.4 is 0 Å². The Morgan fingerprint density at radius 2 is 1.86 bits per heavy atom. The molecule has 2 nitrogen and oxygen atoms in total. The lowest BCUT2D eigenvalue weighted by molar-refractivity contribution is -0.00410. The van der Waals surface area contributed by atoms with E-state index in [1.165, 1.54) is 0 Å². The smallest absolute Gasteiger partial charge is 0.115 e.